The molecule has 118 valence electrons. The Balaban J connectivity index is 2.27. The number of carbonyl (C=O) groups is 1. The molecule has 4 nitrogen and oxygen atoms in total. The van der Waals surface area contributed by atoms with Crippen LogP contribution in [-0.4, -0.2) is 42.8 Å². The molecule has 3 atom stereocenters. The van der Waals surface area contributed by atoms with Crippen LogP contribution in [0.25, 0.3) is 0 Å². The lowest BCUT2D eigenvalue weighted by molar-refractivity contribution is 0.0297. The molecule has 0 saturated heterocycles. The number of carbonyl (C=O) groups excluding carboxylic acids is 1. The first-order chi connectivity index (χ1) is 9.19. The van der Waals surface area contributed by atoms with Gasteiger partial charge in [0.25, 0.3) is 0 Å². The molecule has 0 aromatic rings. The Kier molecular flexibility index (Phi) is 6.31. The number of amides is 1. The Morgan fingerprint density at radius 3 is 2.55 bits per heavy atom. The molecule has 20 heavy (non-hydrogen) atoms. The topological polar surface area (TPSA) is 41.6 Å². The highest BCUT2D eigenvalue weighted by Gasteiger charge is 2.25. The van der Waals surface area contributed by atoms with Gasteiger partial charge in [-0.05, 0) is 45.4 Å². The van der Waals surface area contributed by atoms with Gasteiger partial charge >= 0.3 is 6.09 Å². The molecule has 1 amide bonds. The minimum atomic E-state index is -0.425. The lowest BCUT2D eigenvalue weighted by Crippen LogP contribution is -2.44. The van der Waals surface area contributed by atoms with Crippen LogP contribution in [0.15, 0.2) is 0 Å². The van der Waals surface area contributed by atoms with E-state index in [0.29, 0.717) is 12.6 Å². The fraction of sp³-hybridized carbons (Fsp3) is 0.938. The van der Waals surface area contributed by atoms with Crippen LogP contribution >= 0.6 is 0 Å². The molecule has 0 aliphatic heterocycles. The van der Waals surface area contributed by atoms with Crippen LogP contribution in [0.2, 0.25) is 0 Å². The van der Waals surface area contributed by atoms with Gasteiger partial charge in [0.2, 0.25) is 0 Å². The predicted octanol–water partition coefficient (Wildman–Crippen LogP) is 3.27. The zero-order chi connectivity index (χ0) is 15.3. The summed E-state index contributed by atoms with van der Waals surface area (Å²) >= 11 is 0. The largest absolute Gasteiger partial charge is 0.444 e. The third kappa shape index (κ3) is 6.12. The van der Waals surface area contributed by atoms with E-state index in [1.165, 1.54) is 19.3 Å². The van der Waals surface area contributed by atoms with Crippen LogP contribution in [0.4, 0.5) is 4.79 Å². The summed E-state index contributed by atoms with van der Waals surface area (Å²) in [5, 5.41) is 3.60. The van der Waals surface area contributed by atoms with Crippen LogP contribution in [0, 0.1) is 11.8 Å². The van der Waals surface area contributed by atoms with Gasteiger partial charge in [0.05, 0.1) is 0 Å². The second kappa shape index (κ2) is 7.30. The Morgan fingerprint density at radius 1 is 1.30 bits per heavy atom. The van der Waals surface area contributed by atoms with E-state index >= 15 is 0 Å². The Morgan fingerprint density at radius 2 is 1.95 bits per heavy atom. The van der Waals surface area contributed by atoms with Crippen molar-refractivity contribution < 1.29 is 9.53 Å². The van der Waals surface area contributed by atoms with Crippen LogP contribution in [-0.2, 0) is 4.74 Å². The van der Waals surface area contributed by atoms with E-state index in [4.69, 9.17) is 4.74 Å². The third-order valence-electron chi connectivity index (χ3n) is 4.02. The minimum Gasteiger partial charge on any atom is -0.444 e. The van der Waals surface area contributed by atoms with E-state index in [9.17, 15) is 4.79 Å². The summed E-state index contributed by atoms with van der Waals surface area (Å²) in [6.45, 7) is 11.8. The van der Waals surface area contributed by atoms with Crippen molar-refractivity contribution in [3.8, 4) is 0 Å². The molecule has 1 fully saturated rings. The summed E-state index contributed by atoms with van der Waals surface area (Å²) in [6.07, 6.45) is 3.65. The van der Waals surface area contributed by atoms with Gasteiger partial charge in [0.1, 0.15) is 5.60 Å². The molecule has 0 aromatic carbocycles. The van der Waals surface area contributed by atoms with Gasteiger partial charge in [0.15, 0.2) is 0 Å². The van der Waals surface area contributed by atoms with E-state index in [2.05, 4.69) is 19.2 Å². The molecular formula is C16H32N2O2. The molecule has 0 bridgehead atoms. The normalized spacial score (nSPS) is 27.2. The first-order valence-corrected chi connectivity index (χ1v) is 7.86. The molecule has 0 spiro atoms. The molecular weight excluding hydrogens is 252 g/mol. The summed E-state index contributed by atoms with van der Waals surface area (Å²) in [4.78, 5) is 13.5. The van der Waals surface area contributed by atoms with Crippen molar-refractivity contribution in [2.45, 2.75) is 65.5 Å². The standard InChI is InChI=1S/C16H32N2O2/c1-12-7-8-13(2)14(11-12)17-9-10-18(6)15(19)20-16(3,4)5/h12-14,17H,7-11H2,1-6H3. The van der Waals surface area contributed by atoms with Crippen molar-refractivity contribution >= 4 is 6.09 Å². The van der Waals surface area contributed by atoms with Crippen LogP contribution in [0.1, 0.15) is 53.9 Å². The molecule has 1 saturated carbocycles. The molecule has 1 aliphatic carbocycles. The smallest absolute Gasteiger partial charge is 0.410 e. The fourth-order valence-electron chi connectivity index (χ4n) is 2.67. The van der Waals surface area contributed by atoms with Crippen molar-refractivity contribution in [2.24, 2.45) is 11.8 Å². The average Bonchev–Trinajstić information content (AvgIpc) is 2.31. The molecule has 0 radical (unpaired) electrons. The van der Waals surface area contributed by atoms with Crippen molar-refractivity contribution in [3.05, 3.63) is 0 Å². The highest BCUT2D eigenvalue weighted by molar-refractivity contribution is 5.67. The predicted molar refractivity (Wildman–Crippen MR) is 82.8 cm³/mol. The zero-order valence-electron chi connectivity index (χ0n) is 14.0. The van der Waals surface area contributed by atoms with Gasteiger partial charge in [-0.1, -0.05) is 20.3 Å². The van der Waals surface area contributed by atoms with Gasteiger partial charge in [0, 0.05) is 26.2 Å². The Bertz CT molecular complexity index is 312. The third-order valence-corrected chi connectivity index (χ3v) is 4.02. The highest BCUT2D eigenvalue weighted by atomic mass is 16.6. The summed E-state index contributed by atoms with van der Waals surface area (Å²) in [6, 6.07) is 0.589. The first kappa shape index (κ1) is 17.3. The number of ether oxygens (including phenoxy) is 1. The van der Waals surface area contributed by atoms with Crippen molar-refractivity contribution in [1.82, 2.24) is 10.2 Å². The van der Waals surface area contributed by atoms with Gasteiger partial charge in [-0.25, -0.2) is 4.79 Å². The summed E-state index contributed by atoms with van der Waals surface area (Å²) in [5.41, 5.74) is -0.425. The molecule has 1 N–H and O–H groups in total. The summed E-state index contributed by atoms with van der Waals surface area (Å²) < 4.78 is 5.34. The highest BCUT2D eigenvalue weighted by Crippen LogP contribution is 2.28. The van der Waals surface area contributed by atoms with Crippen LogP contribution < -0.4 is 5.32 Å². The number of likely N-dealkylation sites (N-methyl/N-ethyl adjacent to an activating group) is 1. The average molecular weight is 284 g/mol. The number of hydrogen-bond donors (Lipinski definition) is 1. The van der Waals surface area contributed by atoms with E-state index in [1.807, 2.05) is 20.8 Å². The minimum absolute atomic E-state index is 0.246. The van der Waals surface area contributed by atoms with Gasteiger partial charge in [-0.2, -0.15) is 0 Å². The summed E-state index contributed by atoms with van der Waals surface area (Å²) in [7, 11) is 1.79. The molecule has 1 rings (SSSR count). The molecule has 1 aliphatic rings. The van der Waals surface area contributed by atoms with E-state index < -0.39 is 5.60 Å². The zero-order valence-corrected chi connectivity index (χ0v) is 14.0. The first-order valence-electron chi connectivity index (χ1n) is 7.86. The maximum absolute atomic E-state index is 11.8. The number of nitrogens with one attached hydrogen (secondary N) is 1. The van der Waals surface area contributed by atoms with Gasteiger partial charge < -0.3 is 15.0 Å². The molecule has 0 aromatic heterocycles. The van der Waals surface area contributed by atoms with Crippen LogP contribution in [0.3, 0.4) is 0 Å². The van der Waals surface area contributed by atoms with Gasteiger partial charge in [-0.3, -0.25) is 0 Å². The lowest BCUT2D eigenvalue weighted by atomic mass is 9.80. The second-order valence-corrected chi connectivity index (χ2v) is 7.36. The number of nitrogens with zero attached hydrogens (tertiary/aromatic N) is 1. The summed E-state index contributed by atoms with van der Waals surface area (Å²) in [5.74, 6) is 1.55. The number of rotatable bonds is 4. The molecule has 4 heteroatoms. The van der Waals surface area contributed by atoms with E-state index in [1.54, 1.807) is 11.9 Å². The molecule has 0 heterocycles. The van der Waals surface area contributed by atoms with E-state index in [0.717, 1.165) is 18.4 Å². The van der Waals surface area contributed by atoms with Gasteiger partial charge in [-0.15, -0.1) is 0 Å². The fourth-order valence-corrected chi connectivity index (χ4v) is 2.67. The van der Waals surface area contributed by atoms with Crippen molar-refractivity contribution in [3.63, 3.8) is 0 Å². The lowest BCUT2D eigenvalue weighted by Gasteiger charge is -2.34. The van der Waals surface area contributed by atoms with E-state index in [-0.39, 0.29) is 6.09 Å². The van der Waals surface area contributed by atoms with Crippen LogP contribution in [0.5, 0.6) is 0 Å². The Labute approximate surface area is 124 Å². The monoisotopic (exact) mass is 284 g/mol. The number of hydrogen-bond acceptors (Lipinski definition) is 3. The van der Waals surface area contributed by atoms with Crippen molar-refractivity contribution in [2.75, 3.05) is 20.1 Å². The molecule has 3 unspecified atom stereocenters. The quantitative estimate of drug-likeness (QED) is 0.861. The SMILES string of the molecule is CC1CCC(C)C(NCCN(C)C(=O)OC(C)(C)C)C1. The second-order valence-electron chi connectivity index (χ2n) is 7.36. The Hall–Kier alpha value is -0.770. The van der Waals surface area contributed by atoms with Crippen molar-refractivity contribution in [1.29, 1.82) is 0 Å². The maximum Gasteiger partial charge on any atom is 0.410 e. The maximum atomic E-state index is 11.8.